The maximum Gasteiger partial charge on any atom is 0.220 e. The molecule has 2 rings (SSSR count). The molecule has 0 unspecified atom stereocenters. The lowest BCUT2D eigenvalue weighted by Gasteiger charge is -2.37. The van der Waals surface area contributed by atoms with Crippen molar-refractivity contribution >= 4 is 11.9 Å². The average molecular weight is 306 g/mol. The van der Waals surface area contributed by atoms with Gasteiger partial charge in [0, 0.05) is 24.5 Å². The molecule has 0 aromatic heterocycles. The number of amides is 1. The second-order valence-electron chi connectivity index (χ2n) is 6.15. The van der Waals surface area contributed by atoms with E-state index in [0.29, 0.717) is 5.56 Å². The van der Waals surface area contributed by atoms with E-state index in [9.17, 15) is 19.1 Å². The van der Waals surface area contributed by atoms with Crippen molar-refractivity contribution in [3.8, 4) is 0 Å². The third-order valence-electron chi connectivity index (χ3n) is 4.40. The molecular weight excluding hydrogens is 285 g/mol. The molecule has 1 fully saturated rings. The van der Waals surface area contributed by atoms with Gasteiger partial charge in [-0.1, -0.05) is 37.5 Å². The zero-order valence-corrected chi connectivity index (χ0v) is 12.6. The maximum absolute atomic E-state index is 13.5. The van der Waals surface area contributed by atoms with Crippen LogP contribution in [0.3, 0.4) is 0 Å². The zero-order valence-electron chi connectivity index (χ0n) is 12.6. The molecule has 0 aliphatic heterocycles. The van der Waals surface area contributed by atoms with Crippen LogP contribution in [0.25, 0.3) is 0 Å². The molecule has 0 saturated heterocycles. The molecule has 1 aromatic carbocycles. The maximum atomic E-state index is 13.5. The summed E-state index contributed by atoms with van der Waals surface area (Å²) in [6.45, 7) is 0.118. The Morgan fingerprint density at radius 1 is 1.14 bits per heavy atom. The van der Waals surface area contributed by atoms with Gasteiger partial charge in [-0.15, -0.1) is 0 Å². The average Bonchev–Trinajstić information content (AvgIpc) is 2.46. The molecule has 1 aromatic rings. The molecule has 0 atom stereocenters. The minimum absolute atomic E-state index is 0.0832. The van der Waals surface area contributed by atoms with Gasteiger partial charge in [-0.2, -0.15) is 0 Å². The van der Waals surface area contributed by atoms with E-state index in [0.717, 1.165) is 32.1 Å². The number of carboxylic acid groups (broad SMARTS) is 1. The summed E-state index contributed by atoms with van der Waals surface area (Å²) >= 11 is 0. The fraction of sp³-hybridized carbons (Fsp3) is 0.529. The van der Waals surface area contributed by atoms with Crippen LogP contribution < -0.4 is 10.4 Å². The van der Waals surface area contributed by atoms with Crippen LogP contribution in [0.2, 0.25) is 0 Å². The number of hydrogen-bond donors (Lipinski definition) is 1. The normalized spacial score (nSPS) is 17.0. The van der Waals surface area contributed by atoms with Gasteiger partial charge in [0.05, 0.1) is 0 Å². The van der Waals surface area contributed by atoms with Crippen molar-refractivity contribution in [2.75, 3.05) is 0 Å². The highest BCUT2D eigenvalue weighted by atomic mass is 19.1. The third kappa shape index (κ3) is 4.55. The monoisotopic (exact) mass is 306 g/mol. The summed E-state index contributed by atoms with van der Waals surface area (Å²) in [6.07, 6.45) is 4.49. The van der Waals surface area contributed by atoms with Crippen molar-refractivity contribution < 1.29 is 19.1 Å². The van der Waals surface area contributed by atoms with E-state index in [2.05, 4.69) is 5.32 Å². The first-order valence-corrected chi connectivity index (χ1v) is 7.71. The van der Waals surface area contributed by atoms with Crippen LogP contribution in [-0.2, 0) is 16.1 Å². The molecule has 4 nitrogen and oxygen atoms in total. The molecular formula is C17H21FNO3-. The Kier molecular flexibility index (Phi) is 5.52. The summed E-state index contributed by atoms with van der Waals surface area (Å²) in [6, 6.07) is 6.27. The van der Waals surface area contributed by atoms with Gasteiger partial charge in [0.2, 0.25) is 5.91 Å². The topological polar surface area (TPSA) is 69.2 Å². The van der Waals surface area contributed by atoms with Crippen molar-refractivity contribution in [1.29, 1.82) is 0 Å². The number of rotatable bonds is 6. The molecule has 0 heterocycles. The lowest BCUT2D eigenvalue weighted by atomic mass is 9.69. The first-order valence-electron chi connectivity index (χ1n) is 7.71. The van der Waals surface area contributed by atoms with E-state index in [1.54, 1.807) is 18.2 Å². The lowest BCUT2D eigenvalue weighted by molar-refractivity contribution is -0.308. The predicted octanol–water partition coefficient (Wildman–Crippen LogP) is 1.92. The van der Waals surface area contributed by atoms with Crippen molar-refractivity contribution in [1.82, 2.24) is 5.32 Å². The Bertz CT molecular complexity index is 538. The molecule has 1 saturated carbocycles. The number of hydrogen-bond acceptors (Lipinski definition) is 3. The van der Waals surface area contributed by atoms with Gasteiger partial charge < -0.3 is 15.2 Å². The van der Waals surface area contributed by atoms with Crippen molar-refractivity contribution in [3.63, 3.8) is 0 Å². The number of halogens is 1. The zero-order chi connectivity index (χ0) is 16.0. The Labute approximate surface area is 129 Å². The largest absolute Gasteiger partial charge is 0.550 e. The Morgan fingerprint density at radius 3 is 2.45 bits per heavy atom. The van der Waals surface area contributed by atoms with E-state index >= 15 is 0 Å². The molecule has 1 aliphatic carbocycles. The highest BCUT2D eigenvalue weighted by molar-refractivity contribution is 5.77. The van der Waals surface area contributed by atoms with E-state index in [4.69, 9.17) is 0 Å². The van der Waals surface area contributed by atoms with Crippen molar-refractivity contribution in [2.45, 2.75) is 51.5 Å². The fourth-order valence-electron chi connectivity index (χ4n) is 3.26. The summed E-state index contributed by atoms with van der Waals surface area (Å²) in [7, 11) is 0. The molecule has 1 aliphatic rings. The second-order valence-corrected chi connectivity index (χ2v) is 6.15. The first kappa shape index (κ1) is 16.5. The highest BCUT2D eigenvalue weighted by Crippen LogP contribution is 2.42. The van der Waals surface area contributed by atoms with Crippen LogP contribution in [0.4, 0.5) is 4.39 Å². The minimum Gasteiger partial charge on any atom is -0.550 e. The SMILES string of the molecule is O=C([O-])CC1(CC(=O)NCc2ccccc2F)CCCCC1. The molecule has 0 radical (unpaired) electrons. The van der Waals surface area contributed by atoms with Gasteiger partial charge in [0.25, 0.3) is 0 Å². The molecule has 0 spiro atoms. The van der Waals surface area contributed by atoms with Crippen LogP contribution in [0.5, 0.6) is 0 Å². The van der Waals surface area contributed by atoms with Gasteiger partial charge in [-0.3, -0.25) is 4.79 Å². The quantitative estimate of drug-likeness (QED) is 0.873. The smallest absolute Gasteiger partial charge is 0.220 e. The van der Waals surface area contributed by atoms with Gasteiger partial charge in [-0.25, -0.2) is 4.39 Å². The molecule has 1 N–H and O–H groups in total. The number of carbonyl (C=O) groups is 2. The van der Waals surface area contributed by atoms with Crippen LogP contribution in [0, 0.1) is 11.2 Å². The lowest BCUT2D eigenvalue weighted by Crippen LogP contribution is -2.38. The van der Waals surface area contributed by atoms with Crippen LogP contribution in [0.1, 0.15) is 50.5 Å². The summed E-state index contributed by atoms with van der Waals surface area (Å²) in [4.78, 5) is 23.1. The van der Waals surface area contributed by atoms with E-state index < -0.39 is 11.4 Å². The van der Waals surface area contributed by atoms with Crippen molar-refractivity contribution in [3.05, 3.63) is 35.6 Å². The van der Waals surface area contributed by atoms with Crippen LogP contribution in [-0.4, -0.2) is 11.9 Å². The number of aliphatic carboxylic acids is 1. The molecule has 0 bridgehead atoms. The van der Waals surface area contributed by atoms with Gasteiger partial charge in [0.1, 0.15) is 5.82 Å². The molecule has 22 heavy (non-hydrogen) atoms. The fourth-order valence-corrected chi connectivity index (χ4v) is 3.26. The Morgan fingerprint density at radius 2 is 1.82 bits per heavy atom. The summed E-state index contributed by atoms with van der Waals surface area (Å²) in [5, 5.41) is 13.7. The van der Waals surface area contributed by atoms with E-state index in [1.165, 1.54) is 6.07 Å². The molecule has 1 amide bonds. The highest BCUT2D eigenvalue weighted by Gasteiger charge is 2.34. The predicted molar refractivity (Wildman–Crippen MR) is 78.0 cm³/mol. The molecule has 120 valence electrons. The summed E-state index contributed by atoms with van der Waals surface area (Å²) in [5.74, 6) is -1.69. The Hall–Kier alpha value is -1.91. The summed E-state index contributed by atoms with van der Waals surface area (Å²) in [5.41, 5.74) is -0.0791. The number of benzene rings is 1. The van der Waals surface area contributed by atoms with Crippen LogP contribution >= 0.6 is 0 Å². The standard InChI is InChI=1S/C17H22FNO3/c18-14-7-3-2-6-13(14)12-19-15(20)10-17(11-16(21)22)8-4-1-5-9-17/h2-3,6-7H,1,4-5,8-12H2,(H,19,20)(H,21,22)/p-1. The van der Waals surface area contributed by atoms with Gasteiger partial charge in [-0.05, 0) is 30.7 Å². The van der Waals surface area contributed by atoms with Crippen molar-refractivity contribution in [2.24, 2.45) is 5.41 Å². The number of nitrogens with one attached hydrogen (secondary N) is 1. The number of carbonyl (C=O) groups excluding carboxylic acids is 2. The van der Waals surface area contributed by atoms with Crippen LogP contribution in [0.15, 0.2) is 24.3 Å². The first-order chi connectivity index (χ1) is 10.5. The second kappa shape index (κ2) is 7.38. The molecule has 5 heteroatoms. The third-order valence-corrected chi connectivity index (χ3v) is 4.40. The van der Waals surface area contributed by atoms with E-state index in [1.807, 2.05) is 0 Å². The van der Waals surface area contributed by atoms with E-state index in [-0.39, 0.29) is 31.1 Å². The van der Waals surface area contributed by atoms with Gasteiger partial charge >= 0.3 is 0 Å². The minimum atomic E-state index is -1.11. The Balaban J connectivity index is 1.93. The van der Waals surface area contributed by atoms with Gasteiger partial charge in [0.15, 0.2) is 0 Å². The number of carboxylic acids is 1. The summed E-state index contributed by atoms with van der Waals surface area (Å²) < 4.78 is 13.5.